The Morgan fingerprint density at radius 2 is 1.68 bits per heavy atom. The molecule has 0 amide bonds. The molecule has 0 spiro atoms. The fourth-order valence-corrected chi connectivity index (χ4v) is 2.62. The molecule has 0 atom stereocenters. The standard InChI is InChI=1S/C19H21N3/c1-13-5-11-17(20-13)19(18-12-6-14(2)21-18)15-7-9-16(10-8-15)22(3)4/h5-12,20H,1-4H3/b19-18+. The number of anilines is 1. The summed E-state index contributed by atoms with van der Waals surface area (Å²) in [5.74, 6) is 0. The Labute approximate surface area is 131 Å². The molecule has 0 fully saturated rings. The van der Waals surface area contributed by atoms with Gasteiger partial charge in [0.1, 0.15) is 0 Å². The van der Waals surface area contributed by atoms with E-state index in [9.17, 15) is 0 Å². The molecule has 22 heavy (non-hydrogen) atoms. The van der Waals surface area contributed by atoms with E-state index in [2.05, 4.69) is 84.4 Å². The second kappa shape index (κ2) is 5.68. The van der Waals surface area contributed by atoms with Gasteiger partial charge in [0.15, 0.2) is 0 Å². The van der Waals surface area contributed by atoms with Crippen molar-refractivity contribution in [2.24, 2.45) is 4.99 Å². The van der Waals surface area contributed by atoms with Gasteiger partial charge in [-0.2, -0.15) is 0 Å². The zero-order valence-electron chi connectivity index (χ0n) is 13.5. The van der Waals surface area contributed by atoms with Crippen LogP contribution in [-0.4, -0.2) is 24.8 Å². The predicted octanol–water partition coefficient (Wildman–Crippen LogP) is 4.18. The Hall–Kier alpha value is -2.55. The Morgan fingerprint density at radius 1 is 0.955 bits per heavy atom. The third-order valence-electron chi connectivity index (χ3n) is 3.81. The molecular formula is C19H21N3. The first-order valence-electron chi connectivity index (χ1n) is 7.46. The quantitative estimate of drug-likeness (QED) is 0.903. The van der Waals surface area contributed by atoms with Gasteiger partial charge in [-0.15, -0.1) is 0 Å². The lowest BCUT2D eigenvalue weighted by Crippen LogP contribution is -2.08. The van der Waals surface area contributed by atoms with Gasteiger partial charge in [0.25, 0.3) is 0 Å². The number of aromatic nitrogens is 1. The second-order valence-corrected chi connectivity index (χ2v) is 5.84. The van der Waals surface area contributed by atoms with Crippen LogP contribution in [0.1, 0.15) is 23.9 Å². The number of aromatic amines is 1. The highest BCUT2D eigenvalue weighted by Crippen LogP contribution is 2.30. The molecule has 2 aromatic rings. The average Bonchev–Trinajstić information content (AvgIpc) is 3.09. The van der Waals surface area contributed by atoms with Crippen molar-refractivity contribution in [1.82, 2.24) is 4.98 Å². The summed E-state index contributed by atoms with van der Waals surface area (Å²) in [6.07, 6.45) is 4.14. The number of rotatable bonds is 3. The molecule has 1 aliphatic heterocycles. The van der Waals surface area contributed by atoms with E-state index in [1.165, 1.54) is 11.3 Å². The van der Waals surface area contributed by atoms with Crippen LogP contribution in [0.3, 0.4) is 0 Å². The Morgan fingerprint density at radius 3 is 2.18 bits per heavy atom. The van der Waals surface area contributed by atoms with E-state index in [4.69, 9.17) is 0 Å². The van der Waals surface area contributed by atoms with E-state index < -0.39 is 0 Å². The average molecular weight is 291 g/mol. The third-order valence-corrected chi connectivity index (χ3v) is 3.81. The van der Waals surface area contributed by atoms with Crippen LogP contribution in [0.15, 0.2) is 59.2 Å². The lowest BCUT2D eigenvalue weighted by molar-refractivity contribution is 1.13. The fourth-order valence-electron chi connectivity index (χ4n) is 2.62. The van der Waals surface area contributed by atoms with Crippen LogP contribution in [0.4, 0.5) is 5.69 Å². The molecule has 1 aromatic carbocycles. The minimum absolute atomic E-state index is 1.01. The van der Waals surface area contributed by atoms with Crippen LogP contribution in [0.2, 0.25) is 0 Å². The van der Waals surface area contributed by atoms with E-state index in [1.807, 2.05) is 6.92 Å². The van der Waals surface area contributed by atoms with Gasteiger partial charge >= 0.3 is 0 Å². The molecule has 1 aliphatic rings. The summed E-state index contributed by atoms with van der Waals surface area (Å²) in [4.78, 5) is 10.2. The van der Waals surface area contributed by atoms with Crippen molar-refractivity contribution in [1.29, 1.82) is 0 Å². The number of aryl methyl sites for hydroxylation is 1. The minimum Gasteiger partial charge on any atom is -0.378 e. The normalized spacial score (nSPS) is 15.9. The van der Waals surface area contributed by atoms with Crippen LogP contribution >= 0.6 is 0 Å². The fraction of sp³-hybridized carbons (Fsp3) is 0.211. The van der Waals surface area contributed by atoms with Crippen molar-refractivity contribution in [3.63, 3.8) is 0 Å². The summed E-state index contributed by atoms with van der Waals surface area (Å²) in [5.41, 5.74) is 7.82. The lowest BCUT2D eigenvalue weighted by Gasteiger charge is -2.14. The summed E-state index contributed by atoms with van der Waals surface area (Å²) < 4.78 is 0. The maximum absolute atomic E-state index is 4.66. The SMILES string of the molecule is CC1=N/C(=C(\c2ccc(N(C)C)cc2)c2ccc(C)[nH]2)C=C1. The Kier molecular flexibility index (Phi) is 3.72. The highest BCUT2D eigenvalue weighted by molar-refractivity contribution is 5.99. The highest BCUT2D eigenvalue weighted by Gasteiger charge is 2.14. The molecule has 3 heteroatoms. The summed E-state index contributed by atoms with van der Waals surface area (Å²) in [6.45, 7) is 4.09. The zero-order valence-corrected chi connectivity index (χ0v) is 13.5. The molecule has 3 rings (SSSR count). The minimum atomic E-state index is 1.01. The van der Waals surface area contributed by atoms with Gasteiger partial charge in [0.05, 0.1) is 5.70 Å². The summed E-state index contributed by atoms with van der Waals surface area (Å²) >= 11 is 0. The third kappa shape index (κ3) is 2.75. The molecule has 0 bridgehead atoms. The van der Waals surface area contributed by atoms with Gasteiger partial charge < -0.3 is 9.88 Å². The molecule has 1 aromatic heterocycles. The van der Waals surface area contributed by atoms with Gasteiger partial charge in [-0.25, -0.2) is 0 Å². The number of nitrogens with zero attached hydrogens (tertiary/aromatic N) is 2. The molecule has 3 nitrogen and oxygen atoms in total. The van der Waals surface area contributed by atoms with Crippen LogP contribution in [-0.2, 0) is 0 Å². The van der Waals surface area contributed by atoms with E-state index >= 15 is 0 Å². The maximum Gasteiger partial charge on any atom is 0.0732 e. The van der Waals surface area contributed by atoms with Gasteiger partial charge in [0.2, 0.25) is 0 Å². The molecule has 1 N–H and O–H groups in total. The summed E-state index contributed by atoms with van der Waals surface area (Å²) in [5, 5.41) is 0. The number of allylic oxidation sites excluding steroid dienone is 2. The Balaban J connectivity index is 2.13. The maximum atomic E-state index is 4.66. The molecule has 0 unspecified atom stereocenters. The predicted molar refractivity (Wildman–Crippen MR) is 94.6 cm³/mol. The monoisotopic (exact) mass is 291 g/mol. The first-order valence-corrected chi connectivity index (χ1v) is 7.46. The van der Waals surface area contributed by atoms with Crippen molar-refractivity contribution in [3.05, 3.63) is 71.2 Å². The number of hydrogen-bond donors (Lipinski definition) is 1. The van der Waals surface area contributed by atoms with Gasteiger partial charge in [-0.1, -0.05) is 12.1 Å². The first kappa shape index (κ1) is 14.4. The molecule has 0 aliphatic carbocycles. The molecule has 112 valence electrons. The second-order valence-electron chi connectivity index (χ2n) is 5.84. The van der Waals surface area contributed by atoms with Crippen molar-refractivity contribution in [2.45, 2.75) is 13.8 Å². The van der Waals surface area contributed by atoms with Crippen LogP contribution in [0, 0.1) is 6.92 Å². The topological polar surface area (TPSA) is 31.4 Å². The van der Waals surface area contributed by atoms with Crippen LogP contribution in [0.25, 0.3) is 5.57 Å². The van der Waals surface area contributed by atoms with Gasteiger partial charge in [0, 0.05) is 42.5 Å². The largest absolute Gasteiger partial charge is 0.378 e. The summed E-state index contributed by atoms with van der Waals surface area (Å²) in [6, 6.07) is 12.8. The van der Waals surface area contributed by atoms with Crippen molar-refractivity contribution in [3.8, 4) is 0 Å². The summed E-state index contributed by atoms with van der Waals surface area (Å²) in [7, 11) is 4.10. The van der Waals surface area contributed by atoms with E-state index in [0.29, 0.717) is 0 Å². The number of H-pyrrole nitrogens is 1. The number of nitrogens with one attached hydrogen (secondary N) is 1. The first-order chi connectivity index (χ1) is 10.5. The van der Waals surface area contributed by atoms with Gasteiger partial charge in [-0.3, -0.25) is 4.99 Å². The Bertz CT molecular complexity index is 771. The van der Waals surface area contributed by atoms with E-state index in [0.717, 1.165) is 28.4 Å². The molecule has 2 heterocycles. The number of benzene rings is 1. The van der Waals surface area contributed by atoms with Crippen molar-refractivity contribution in [2.75, 3.05) is 19.0 Å². The van der Waals surface area contributed by atoms with E-state index in [1.54, 1.807) is 0 Å². The number of aliphatic imine (C=N–C) groups is 1. The van der Waals surface area contributed by atoms with Crippen LogP contribution in [0.5, 0.6) is 0 Å². The molecule has 0 saturated carbocycles. The smallest absolute Gasteiger partial charge is 0.0732 e. The molecule has 0 saturated heterocycles. The van der Waals surface area contributed by atoms with Crippen LogP contribution < -0.4 is 4.90 Å². The highest BCUT2D eigenvalue weighted by atomic mass is 15.1. The van der Waals surface area contributed by atoms with E-state index in [-0.39, 0.29) is 0 Å². The molecular weight excluding hydrogens is 270 g/mol. The lowest BCUT2D eigenvalue weighted by atomic mass is 10.00. The van der Waals surface area contributed by atoms with Crippen molar-refractivity contribution < 1.29 is 0 Å². The van der Waals surface area contributed by atoms with Gasteiger partial charge in [-0.05, 0) is 55.8 Å². The van der Waals surface area contributed by atoms with Crippen molar-refractivity contribution >= 4 is 17.0 Å². The molecule has 0 radical (unpaired) electrons. The number of hydrogen-bond acceptors (Lipinski definition) is 2. The zero-order chi connectivity index (χ0) is 15.7.